The van der Waals surface area contributed by atoms with Crippen molar-refractivity contribution in [3.8, 4) is 5.75 Å². The number of aromatic amines is 1. The number of H-pyrrole nitrogens is 1. The van der Waals surface area contributed by atoms with Crippen LogP contribution in [0.3, 0.4) is 0 Å². The molecule has 1 aromatic heterocycles. The van der Waals surface area contributed by atoms with Gasteiger partial charge in [-0.3, -0.25) is 4.90 Å². The molecule has 1 unspecified atom stereocenters. The van der Waals surface area contributed by atoms with E-state index in [1.165, 1.54) is 48.1 Å². The maximum Gasteiger partial charge on any atom is 0.119 e. The molecule has 3 heterocycles. The number of methoxy groups -OCH3 is 1. The number of nitrogens with zero attached hydrogens (tertiary/aromatic N) is 1. The maximum atomic E-state index is 5.41. The van der Waals surface area contributed by atoms with Gasteiger partial charge in [0.15, 0.2) is 0 Å². The molecular formula is C18H24N2O. The van der Waals surface area contributed by atoms with Crippen LogP contribution in [-0.2, 0) is 6.42 Å². The number of aromatic nitrogens is 1. The predicted molar refractivity (Wildman–Crippen MR) is 85.9 cm³/mol. The van der Waals surface area contributed by atoms with Gasteiger partial charge in [-0.1, -0.05) is 13.8 Å². The minimum atomic E-state index is 0.346. The second-order valence-corrected chi connectivity index (χ2v) is 7.21. The molecule has 1 atom stereocenters. The van der Waals surface area contributed by atoms with Crippen molar-refractivity contribution >= 4 is 10.9 Å². The fraction of sp³-hybridized carbons (Fsp3) is 0.556. The van der Waals surface area contributed by atoms with E-state index in [1.54, 1.807) is 7.11 Å². The number of piperidine rings is 1. The van der Waals surface area contributed by atoms with E-state index in [0.717, 1.165) is 12.2 Å². The van der Waals surface area contributed by atoms with Gasteiger partial charge in [0.25, 0.3) is 0 Å². The molecule has 1 aromatic carbocycles. The second-order valence-electron chi connectivity index (χ2n) is 7.21. The first-order valence-electron chi connectivity index (χ1n) is 8.03. The first kappa shape index (κ1) is 13.2. The summed E-state index contributed by atoms with van der Waals surface area (Å²) in [5.41, 5.74) is 4.57. The van der Waals surface area contributed by atoms with Crippen LogP contribution in [0.2, 0.25) is 0 Å². The minimum absolute atomic E-state index is 0.346. The molecule has 112 valence electrons. The van der Waals surface area contributed by atoms with Gasteiger partial charge in [0, 0.05) is 23.1 Å². The number of ether oxygens (including phenoxy) is 1. The Morgan fingerprint density at radius 3 is 2.95 bits per heavy atom. The zero-order valence-corrected chi connectivity index (χ0v) is 13.2. The van der Waals surface area contributed by atoms with Crippen LogP contribution < -0.4 is 4.74 Å². The molecular weight excluding hydrogens is 260 g/mol. The molecule has 0 spiro atoms. The predicted octanol–water partition coefficient (Wildman–Crippen LogP) is 3.90. The van der Waals surface area contributed by atoms with Gasteiger partial charge < -0.3 is 9.72 Å². The highest BCUT2D eigenvalue weighted by molar-refractivity contribution is 5.86. The SMILES string of the molecule is COc1ccc2[nH]c3c(c2c1)CCN1CCCC(C)(C)C31. The van der Waals surface area contributed by atoms with Gasteiger partial charge in [0.2, 0.25) is 0 Å². The lowest BCUT2D eigenvalue weighted by Gasteiger charge is -2.48. The van der Waals surface area contributed by atoms with Gasteiger partial charge in [-0.2, -0.15) is 0 Å². The van der Waals surface area contributed by atoms with E-state index in [2.05, 4.69) is 35.9 Å². The Labute approximate surface area is 126 Å². The summed E-state index contributed by atoms with van der Waals surface area (Å²) in [4.78, 5) is 6.40. The molecule has 0 saturated carbocycles. The van der Waals surface area contributed by atoms with Gasteiger partial charge >= 0.3 is 0 Å². The Morgan fingerprint density at radius 2 is 2.14 bits per heavy atom. The Hall–Kier alpha value is -1.48. The zero-order valence-electron chi connectivity index (χ0n) is 13.2. The van der Waals surface area contributed by atoms with Crippen LogP contribution in [0.4, 0.5) is 0 Å². The summed E-state index contributed by atoms with van der Waals surface area (Å²) in [6.07, 6.45) is 3.79. The third-order valence-electron chi connectivity index (χ3n) is 5.44. The second kappa shape index (κ2) is 4.51. The summed E-state index contributed by atoms with van der Waals surface area (Å²) in [6.45, 7) is 7.27. The number of benzene rings is 1. The first-order chi connectivity index (χ1) is 10.1. The molecule has 1 saturated heterocycles. The van der Waals surface area contributed by atoms with Crippen molar-refractivity contribution in [3.63, 3.8) is 0 Å². The van der Waals surface area contributed by atoms with Crippen LogP contribution in [0.25, 0.3) is 10.9 Å². The summed E-state index contributed by atoms with van der Waals surface area (Å²) in [6, 6.07) is 6.94. The average molecular weight is 284 g/mol. The number of hydrogen-bond donors (Lipinski definition) is 1. The van der Waals surface area contributed by atoms with Crippen molar-refractivity contribution in [1.82, 2.24) is 9.88 Å². The summed E-state index contributed by atoms with van der Waals surface area (Å²) in [5.74, 6) is 0.953. The van der Waals surface area contributed by atoms with Gasteiger partial charge in [0.05, 0.1) is 13.2 Å². The first-order valence-corrected chi connectivity index (χ1v) is 8.03. The van der Waals surface area contributed by atoms with Crippen molar-refractivity contribution < 1.29 is 4.74 Å². The molecule has 0 aliphatic carbocycles. The lowest BCUT2D eigenvalue weighted by molar-refractivity contribution is 0.0269. The smallest absolute Gasteiger partial charge is 0.119 e. The highest BCUT2D eigenvalue weighted by atomic mass is 16.5. The normalized spacial score (nSPS) is 24.6. The summed E-state index contributed by atoms with van der Waals surface area (Å²) >= 11 is 0. The summed E-state index contributed by atoms with van der Waals surface area (Å²) in [5, 5.41) is 1.35. The van der Waals surface area contributed by atoms with Gasteiger partial charge in [-0.25, -0.2) is 0 Å². The van der Waals surface area contributed by atoms with Crippen LogP contribution >= 0.6 is 0 Å². The van der Waals surface area contributed by atoms with Crippen LogP contribution in [-0.4, -0.2) is 30.1 Å². The molecule has 4 rings (SSSR count). The molecule has 2 aromatic rings. The van der Waals surface area contributed by atoms with E-state index in [9.17, 15) is 0 Å². The van der Waals surface area contributed by atoms with Crippen LogP contribution in [0.15, 0.2) is 18.2 Å². The quantitative estimate of drug-likeness (QED) is 0.860. The van der Waals surface area contributed by atoms with Crippen molar-refractivity contribution in [3.05, 3.63) is 29.5 Å². The molecule has 1 fully saturated rings. The lowest BCUT2D eigenvalue weighted by Crippen LogP contribution is -2.47. The van der Waals surface area contributed by atoms with E-state index in [1.807, 2.05) is 6.07 Å². The fourth-order valence-corrected chi connectivity index (χ4v) is 4.44. The van der Waals surface area contributed by atoms with Crippen LogP contribution in [0.5, 0.6) is 5.75 Å². The third-order valence-corrected chi connectivity index (χ3v) is 5.44. The largest absolute Gasteiger partial charge is 0.497 e. The van der Waals surface area contributed by atoms with Crippen LogP contribution in [0.1, 0.15) is 44.0 Å². The number of fused-ring (bicyclic) bond motifs is 5. The Balaban J connectivity index is 1.90. The van der Waals surface area contributed by atoms with Gasteiger partial charge in [-0.15, -0.1) is 0 Å². The van der Waals surface area contributed by atoms with Gasteiger partial charge in [0.1, 0.15) is 5.75 Å². The molecule has 0 radical (unpaired) electrons. The van der Waals surface area contributed by atoms with Crippen LogP contribution in [0, 0.1) is 5.41 Å². The minimum Gasteiger partial charge on any atom is -0.497 e. The molecule has 0 bridgehead atoms. The Bertz CT molecular complexity index is 686. The van der Waals surface area contributed by atoms with Crippen molar-refractivity contribution in [2.75, 3.05) is 20.2 Å². The van der Waals surface area contributed by atoms with Gasteiger partial charge in [-0.05, 0) is 55.0 Å². The molecule has 3 nitrogen and oxygen atoms in total. The van der Waals surface area contributed by atoms with Crippen molar-refractivity contribution in [2.45, 2.75) is 39.2 Å². The van der Waals surface area contributed by atoms with E-state index >= 15 is 0 Å². The molecule has 3 heteroatoms. The topological polar surface area (TPSA) is 28.3 Å². The Kier molecular flexibility index (Phi) is 2.83. The Morgan fingerprint density at radius 1 is 1.29 bits per heavy atom. The number of hydrogen-bond acceptors (Lipinski definition) is 2. The van der Waals surface area contributed by atoms with E-state index in [0.29, 0.717) is 11.5 Å². The maximum absolute atomic E-state index is 5.41. The van der Waals surface area contributed by atoms with E-state index in [4.69, 9.17) is 4.74 Å². The lowest BCUT2D eigenvalue weighted by atomic mass is 9.72. The highest BCUT2D eigenvalue weighted by Gasteiger charge is 2.42. The highest BCUT2D eigenvalue weighted by Crippen LogP contribution is 2.49. The monoisotopic (exact) mass is 284 g/mol. The fourth-order valence-electron chi connectivity index (χ4n) is 4.44. The van der Waals surface area contributed by atoms with E-state index < -0.39 is 0 Å². The third kappa shape index (κ3) is 1.90. The molecule has 21 heavy (non-hydrogen) atoms. The van der Waals surface area contributed by atoms with E-state index in [-0.39, 0.29) is 0 Å². The summed E-state index contributed by atoms with van der Waals surface area (Å²) in [7, 11) is 1.74. The molecule has 2 aliphatic heterocycles. The van der Waals surface area contributed by atoms with Crippen molar-refractivity contribution in [2.24, 2.45) is 5.41 Å². The molecule has 0 amide bonds. The standard InChI is InChI=1S/C18H24N2O/c1-18(2)8-4-9-20-10-7-13-14-11-12(21-3)5-6-15(14)19-16(13)17(18)20/h5-6,11,17,19H,4,7-10H2,1-3H3. The van der Waals surface area contributed by atoms with Crippen molar-refractivity contribution in [1.29, 1.82) is 0 Å². The average Bonchev–Trinajstić information content (AvgIpc) is 2.83. The molecule has 1 N–H and O–H groups in total. The number of rotatable bonds is 1. The zero-order chi connectivity index (χ0) is 14.6. The molecule has 2 aliphatic rings. The number of nitrogens with one attached hydrogen (secondary N) is 1. The summed E-state index contributed by atoms with van der Waals surface area (Å²) < 4.78 is 5.41.